The van der Waals surface area contributed by atoms with E-state index >= 15 is 0 Å². The SMILES string of the molecule is CNC1CCN(Cc2ccccc2)CC1CO. The van der Waals surface area contributed by atoms with Crippen molar-refractivity contribution in [3.05, 3.63) is 35.9 Å². The van der Waals surface area contributed by atoms with Gasteiger partial charge in [0.25, 0.3) is 0 Å². The first-order chi connectivity index (χ1) is 8.33. The van der Waals surface area contributed by atoms with E-state index in [1.54, 1.807) is 0 Å². The van der Waals surface area contributed by atoms with E-state index in [2.05, 4.69) is 34.5 Å². The average molecular weight is 234 g/mol. The number of piperidine rings is 1. The van der Waals surface area contributed by atoms with Gasteiger partial charge in [0, 0.05) is 31.7 Å². The van der Waals surface area contributed by atoms with Crippen LogP contribution in [0.15, 0.2) is 30.3 Å². The van der Waals surface area contributed by atoms with Gasteiger partial charge in [-0.15, -0.1) is 0 Å². The van der Waals surface area contributed by atoms with Crippen LogP contribution in [-0.4, -0.2) is 42.8 Å². The summed E-state index contributed by atoms with van der Waals surface area (Å²) in [6, 6.07) is 11.0. The molecule has 0 bridgehead atoms. The van der Waals surface area contributed by atoms with Crippen molar-refractivity contribution in [2.24, 2.45) is 5.92 Å². The molecule has 3 nitrogen and oxygen atoms in total. The number of benzene rings is 1. The Balaban J connectivity index is 1.91. The summed E-state index contributed by atoms with van der Waals surface area (Å²) in [7, 11) is 1.99. The molecule has 0 spiro atoms. The van der Waals surface area contributed by atoms with E-state index < -0.39 is 0 Å². The molecule has 1 aromatic rings. The summed E-state index contributed by atoms with van der Waals surface area (Å²) in [6.07, 6.45) is 1.12. The molecule has 0 aliphatic carbocycles. The van der Waals surface area contributed by atoms with Crippen molar-refractivity contribution >= 4 is 0 Å². The molecule has 3 heteroatoms. The van der Waals surface area contributed by atoms with Crippen molar-refractivity contribution in [1.29, 1.82) is 0 Å². The van der Waals surface area contributed by atoms with Crippen molar-refractivity contribution in [2.75, 3.05) is 26.7 Å². The quantitative estimate of drug-likeness (QED) is 0.818. The molecular weight excluding hydrogens is 212 g/mol. The van der Waals surface area contributed by atoms with Crippen molar-refractivity contribution < 1.29 is 5.11 Å². The van der Waals surface area contributed by atoms with Gasteiger partial charge in [-0.25, -0.2) is 0 Å². The van der Waals surface area contributed by atoms with Gasteiger partial charge in [0.05, 0.1) is 0 Å². The van der Waals surface area contributed by atoms with Gasteiger partial charge in [-0.3, -0.25) is 4.90 Å². The zero-order valence-electron chi connectivity index (χ0n) is 10.5. The number of nitrogens with zero attached hydrogens (tertiary/aromatic N) is 1. The minimum atomic E-state index is 0.275. The van der Waals surface area contributed by atoms with Crippen LogP contribution in [-0.2, 0) is 6.54 Å². The van der Waals surface area contributed by atoms with Crippen LogP contribution in [0.2, 0.25) is 0 Å². The monoisotopic (exact) mass is 234 g/mol. The molecule has 1 aliphatic rings. The highest BCUT2D eigenvalue weighted by Gasteiger charge is 2.27. The topological polar surface area (TPSA) is 35.5 Å². The summed E-state index contributed by atoms with van der Waals surface area (Å²) in [5.41, 5.74) is 1.35. The smallest absolute Gasteiger partial charge is 0.0486 e. The summed E-state index contributed by atoms with van der Waals surface area (Å²) in [5.74, 6) is 0.359. The maximum Gasteiger partial charge on any atom is 0.0486 e. The Kier molecular flexibility index (Phi) is 4.54. The lowest BCUT2D eigenvalue weighted by Gasteiger charge is -2.37. The van der Waals surface area contributed by atoms with Gasteiger partial charge in [0.15, 0.2) is 0 Å². The molecule has 0 aromatic heterocycles. The van der Waals surface area contributed by atoms with Crippen molar-refractivity contribution in [1.82, 2.24) is 10.2 Å². The summed E-state index contributed by atoms with van der Waals surface area (Å²) in [6.45, 7) is 3.36. The third-order valence-electron chi connectivity index (χ3n) is 3.67. The number of rotatable bonds is 4. The molecule has 1 aliphatic heterocycles. The first-order valence-corrected chi connectivity index (χ1v) is 6.38. The fourth-order valence-corrected chi connectivity index (χ4v) is 2.66. The average Bonchev–Trinajstić information content (AvgIpc) is 2.40. The maximum atomic E-state index is 9.41. The fourth-order valence-electron chi connectivity index (χ4n) is 2.66. The zero-order valence-corrected chi connectivity index (χ0v) is 10.5. The van der Waals surface area contributed by atoms with Crippen LogP contribution in [0.25, 0.3) is 0 Å². The van der Waals surface area contributed by atoms with E-state index in [0.29, 0.717) is 12.0 Å². The maximum absolute atomic E-state index is 9.41. The van der Waals surface area contributed by atoms with Gasteiger partial charge < -0.3 is 10.4 Å². The highest BCUT2D eigenvalue weighted by Crippen LogP contribution is 2.18. The van der Waals surface area contributed by atoms with Crippen LogP contribution < -0.4 is 5.32 Å². The molecule has 17 heavy (non-hydrogen) atoms. The number of nitrogens with one attached hydrogen (secondary N) is 1. The van der Waals surface area contributed by atoms with Crippen LogP contribution >= 0.6 is 0 Å². The zero-order chi connectivity index (χ0) is 12.1. The molecule has 0 saturated carbocycles. The highest BCUT2D eigenvalue weighted by atomic mass is 16.3. The number of likely N-dealkylation sites (tertiary alicyclic amines) is 1. The Morgan fingerprint density at radius 2 is 2.12 bits per heavy atom. The Bertz CT molecular complexity index is 328. The van der Waals surface area contributed by atoms with Crippen molar-refractivity contribution in [2.45, 2.75) is 19.0 Å². The van der Waals surface area contributed by atoms with Crippen LogP contribution in [0.3, 0.4) is 0 Å². The third-order valence-corrected chi connectivity index (χ3v) is 3.67. The van der Waals surface area contributed by atoms with E-state index in [1.165, 1.54) is 5.56 Å². The van der Waals surface area contributed by atoms with Gasteiger partial charge in [0.1, 0.15) is 0 Å². The van der Waals surface area contributed by atoms with Crippen molar-refractivity contribution in [3.8, 4) is 0 Å². The van der Waals surface area contributed by atoms with Crippen LogP contribution in [0, 0.1) is 5.92 Å². The van der Waals surface area contributed by atoms with Gasteiger partial charge in [-0.05, 0) is 25.6 Å². The van der Waals surface area contributed by atoms with Gasteiger partial charge in [-0.1, -0.05) is 30.3 Å². The van der Waals surface area contributed by atoms with E-state index in [-0.39, 0.29) is 6.61 Å². The first kappa shape index (κ1) is 12.6. The molecule has 0 radical (unpaired) electrons. The molecule has 1 saturated heterocycles. The molecule has 0 amide bonds. The van der Waals surface area contributed by atoms with Gasteiger partial charge >= 0.3 is 0 Å². The molecule has 94 valence electrons. The highest BCUT2D eigenvalue weighted by molar-refractivity contribution is 5.14. The predicted molar refractivity (Wildman–Crippen MR) is 69.8 cm³/mol. The second-order valence-electron chi connectivity index (χ2n) is 4.85. The predicted octanol–water partition coefficient (Wildman–Crippen LogP) is 1.09. The largest absolute Gasteiger partial charge is 0.396 e. The van der Waals surface area contributed by atoms with E-state index in [4.69, 9.17) is 0 Å². The standard InChI is InChI=1S/C14H22N2O/c1-15-14-7-8-16(10-13(14)11-17)9-12-5-3-2-4-6-12/h2-6,13-15,17H,7-11H2,1H3. The Labute approximate surface area is 103 Å². The molecule has 1 heterocycles. The summed E-state index contributed by atoms with van der Waals surface area (Å²) < 4.78 is 0. The summed E-state index contributed by atoms with van der Waals surface area (Å²) >= 11 is 0. The number of aliphatic hydroxyl groups is 1. The Morgan fingerprint density at radius 3 is 2.76 bits per heavy atom. The van der Waals surface area contributed by atoms with E-state index in [1.807, 2.05) is 13.1 Å². The third kappa shape index (κ3) is 3.28. The van der Waals surface area contributed by atoms with E-state index in [9.17, 15) is 5.11 Å². The molecule has 2 rings (SSSR count). The molecule has 2 atom stereocenters. The lowest BCUT2D eigenvalue weighted by Crippen LogP contribution is -2.49. The molecular formula is C14H22N2O. The van der Waals surface area contributed by atoms with Gasteiger partial charge in [-0.2, -0.15) is 0 Å². The van der Waals surface area contributed by atoms with Crippen LogP contribution in [0.1, 0.15) is 12.0 Å². The lowest BCUT2D eigenvalue weighted by molar-refractivity contribution is 0.0885. The first-order valence-electron chi connectivity index (χ1n) is 6.38. The summed E-state index contributed by atoms with van der Waals surface area (Å²) in [4.78, 5) is 2.43. The number of aliphatic hydroxyl groups excluding tert-OH is 1. The lowest BCUT2D eigenvalue weighted by atomic mass is 9.92. The number of hydrogen-bond donors (Lipinski definition) is 2. The molecule has 1 fully saturated rings. The molecule has 1 aromatic carbocycles. The summed E-state index contributed by atoms with van der Waals surface area (Å²) in [5, 5.41) is 12.7. The second-order valence-corrected chi connectivity index (χ2v) is 4.85. The van der Waals surface area contributed by atoms with Gasteiger partial charge in [0.2, 0.25) is 0 Å². The van der Waals surface area contributed by atoms with E-state index in [0.717, 1.165) is 26.1 Å². The molecule has 2 N–H and O–H groups in total. The minimum Gasteiger partial charge on any atom is -0.396 e. The second kappa shape index (κ2) is 6.15. The number of hydrogen-bond acceptors (Lipinski definition) is 3. The van der Waals surface area contributed by atoms with Crippen molar-refractivity contribution in [3.63, 3.8) is 0 Å². The Morgan fingerprint density at radius 1 is 1.35 bits per heavy atom. The van der Waals surface area contributed by atoms with Crippen LogP contribution in [0.4, 0.5) is 0 Å². The fraction of sp³-hybridized carbons (Fsp3) is 0.571. The minimum absolute atomic E-state index is 0.275. The normalized spacial score (nSPS) is 26.0. The Hall–Kier alpha value is -0.900. The molecule has 2 unspecified atom stereocenters. The van der Waals surface area contributed by atoms with Crippen LogP contribution in [0.5, 0.6) is 0 Å².